The van der Waals surface area contributed by atoms with Gasteiger partial charge in [0.25, 0.3) is 0 Å². The van der Waals surface area contributed by atoms with E-state index in [0.29, 0.717) is 17.9 Å². The minimum Gasteiger partial charge on any atom is -0.396 e. The molecule has 21 N–H and O–H groups in total. The largest absolute Gasteiger partial charge is 0.481 e. The van der Waals surface area contributed by atoms with Crippen LogP contribution in [-0.2, 0) is 101 Å². The molecule has 4 unspecified atom stereocenters. The van der Waals surface area contributed by atoms with Gasteiger partial charge in [-0.2, -0.15) is 8.62 Å². The van der Waals surface area contributed by atoms with Crippen molar-refractivity contribution in [3.8, 4) is 0 Å². The lowest BCUT2D eigenvalue weighted by atomic mass is 9.87. The fourth-order valence-electron chi connectivity index (χ4n) is 9.16. The van der Waals surface area contributed by atoms with Crippen molar-refractivity contribution in [3.63, 3.8) is 0 Å². The quantitative estimate of drug-likeness (QED) is 0.0130. The molecule has 14 atom stereocenters. The van der Waals surface area contributed by atoms with Crippen molar-refractivity contribution < 1.29 is 166 Å². The van der Waals surface area contributed by atoms with Crippen LogP contribution in [0, 0.1) is 10.8 Å². The van der Waals surface area contributed by atoms with Gasteiger partial charge in [-0.05, 0) is 13.3 Å². The first kappa shape index (κ1) is 93.4. The fourth-order valence-corrected chi connectivity index (χ4v) is 16.2. The third kappa shape index (κ3) is 30.1. The number of imidazole rings is 2. The highest BCUT2D eigenvalue weighted by molar-refractivity contribution is 8.13. The van der Waals surface area contributed by atoms with Crippen molar-refractivity contribution in [1.29, 1.82) is 0 Å². The van der Waals surface area contributed by atoms with Gasteiger partial charge in [0.2, 0.25) is 23.6 Å². The molecule has 49 nitrogen and oxygen atoms in total. The molecule has 6 rings (SSSR count). The molecule has 2 saturated heterocycles. The normalized spacial score (nSPS) is 22.1. The van der Waals surface area contributed by atoms with Crippen LogP contribution >= 0.6 is 70.5 Å². The molecule has 0 radical (unpaired) electrons. The van der Waals surface area contributed by atoms with E-state index < -0.39 is 169 Å². The predicted molar refractivity (Wildman–Crippen MR) is 370 cm³/mol. The summed E-state index contributed by atoms with van der Waals surface area (Å²) in [7, 11) is -32.8. The van der Waals surface area contributed by atoms with Crippen LogP contribution in [0.4, 0.5) is 11.6 Å². The zero-order valence-corrected chi connectivity index (χ0v) is 64.6. The molecule has 0 saturated carbocycles. The summed E-state index contributed by atoms with van der Waals surface area (Å²) in [6, 6.07) is 0. The first-order valence-electron chi connectivity index (χ1n) is 31.4. The second-order valence-corrected chi connectivity index (χ2v) is 35.0. The van der Waals surface area contributed by atoms with Gasteiger partial charge in [-0.1, -0.05) is 63.4 Å². The van der Waals surface area contributed by atoms with Crippen LogP contribution < -0.4 is 32.7 Å². The Morgan fingerprint density at radius 3 is 1.32 bits per heavy atom. The molecule has 0 aliphatic carbocycles. The van der Waals surface area contributed by atoms with Crippen molar-refractivity contribution in [3.05, 3.63) is 37.5 Å². The number of amides is 4. The van der Waals surface area contributed by atoms with Crippen LogP contribution in [0.3, 0.4) is 0 Å². The molecule has 4 aromatic rings. The van der Waals surface area contributed by atoms with Crippen molar-refractivity contribution >= 4 is 138 Å². The number of carbonyl (C=O) groups excluding carboxylic acids is 6. The second kappa shape index (κ2) is 41.0. The van der Waals surface area contributed by atoms with Gasteiger partial charge in [-0.25, -0.2) is 57.3 Å². The molecule has 0 bridgehead atoms. The number of nitrogens with one attached hydrogen (secondary N) is 4. The van der Waals surface area contributed by atoms with Crippen LogP contribution in [-0.4, -0.2) is 257 Å². The number of thioether (sulfide) groups is 2. The molecule has 57 heteroatoms. The van der Waals surface area contributed by atoms with Crippen LogP contribution in [0.25, 0.3) is 22.3 Å². The van der Waals surface area contributed by atoms with E-state index in [1.165, 1.54) is 27.7 Å². The molecule has 0 aromatic carbocycles. The highest BCUT2D eigenvalue weighted by Gasteiger charge is 2.53. The Labute approximate surface area is 620 Å². The summed E-state index contributed by atoms with van der Waals surface area (Å²) < 4.78 is 124. The number of allylic oxidation sites excluding steroid dienone is 2. The number of aliphatic hydroxyl groups excluding tert-OH is 5. The van der Waals surface area contributed by atoms with E-state index in [1.54, 1.807) is 19.1 Å². The van der Waals surface area contributed by atoms with Crippen molar-refractivity contribution in [2.75, 3.05) is 82.2 Å². The number of ether oxygens (including phenoxy) is 2. The summed E-state index contributed by atoms with van der Waals surface area (Å²) >= 11 is 2.06. The molecule has 108 heavy (non-hydrogen) atoms. The van der Waals surface area contributed by atoms with E-state index in [4.69, 9.17) is 44.1 Å². The Morgan fingerprint density at radius 1 is 0.574 bits per heavy atom. The molecule has 4 amide bonds. The Morgan fingerprint density at radius 2 is 0.954 bits per heavy atom. The first-order valence-corrected chi connectivity index (χ1v) is 42.4. The lowest BCUT2D eigenvalue weighted by Crippen LogP contribution is -2.46. The molecular weight excluding hydrogens is 1620 g/mol. The maximum Gasteiger partial charge on any atom is 0.481 e. The summed E-state index contributed by atoms with van der Waals surface area (Å²) in [5, 5.41) is 61.1. The Bertz CT molecular complexity index is 4080. The molecular formula is C51H84N14O35P6S2. The Balaban J connectivity index is 0.000000387. The number of hydrogen-bond acceptors (Lipinski definition) is 37. The van der Waals surface area contributed by atoms with Gasteiger partial charge >= 0.3 is 46.9 Å². The van der Waals surface area contributed by atoms with Crippen LogP contribution in [0.1, 0.15) is 79.2 Å². The van der Waals surface area contributed by atoms with E-state index >= 15 is 0 Å². The standard InChI is InChI=1S/C26H42N7O17P3S.C25H42N7O18P3S/c1-4-5-6-17(35)54-10-9-28-16(34)7-8-29-24(38)21(37)26(2,3)12-47-53(44,45)50-52(42,43)46-11-15-20(49-51(39,40)41)19(36)25(48-15)33-14-32-18-22(27)30-13-31-23(18)33;1-25(2,20(37)23(38)28-6-5-15(34)27-7-9-54-16(35)4-3-8-33)11-47-53(44,45)50-52(42,43)46-10-14-19(49-51(39,40)41)18(36)24(48-14)32-13-31-17-21(26)29-12-30-22(17)32/h4-5,13-15,19-21,25,36-37H,6-12H2,1-3H3,(H,28,34)(H,29,38)(H,42,43)(H,44,45)(H2,27,30,31)(H2,39,40,41);12-14,18-20,24,33,36-37H,3-11H2,1-2H3,(H,27,34)(H,28,38)(H,42,43)(H,44,45)(H2,26,29,30)(H2,39,40,41)/t15-,19-,20-,21+,25-;14-,18-,19-,20+,24-/m11/s1. The number of anilines is 2. The number of nitrogens with two attached hydrogens (primary N) is 2. The van der Waals surface area contributed by atoms with E-state index in [-0.39, 0.29) is 103 Å². The van der Waals surface area contributed by atoms with Gasteiger partial charge in [0.1, 0.15) is 72.5 Å². The number of fused-ring (bicyclic) bond motifs is 2. The zero-order valence-electron chi connectivity index (χ0n) is 57.6. The minimum atomic E-state index is -5.57. The molecule has 4 aromatic heterocycles. The summed E-state index contributed by atoms with van der Waals surface area (Å²) in [5.41, 5.74) is 8.50. The Kier molecular flexibility index (Phi) is 35.5. The van der Waals surface area contributed by atoms with Gasteiger partial charge in [0.05, 0.1) is 39.1 Å². The van der Waals surface area contributed by atoms with Gasteiger partial charge in [-0.3, -0.25) is 65.0 Å². The third-order valence-corrected chi connectivity index (χ3v) is 22.6. The first-order chi connectivity index (χ1) is 50.1. The van der Waals surface area contributed by atoms with Gasteiger partial charge in [-0.15, -0.1) is 0 Å². The summed E-state index contributed by atoms with van der Waals surface area (Å²) in [5.74, 6) is -2.30. The second-order valence-electron chi connectivity index (χ2n) is 24.2. The van der Waals surface area contributed by atoms with E-state index in [2.05, 4.69) is 68.8 Å². The number of rotatable bonds is 43. The van der Waals surface area contributed by atoms with E-state index in [0.717, 1.165) is 58.0 Å². The highest BCUT2D eigenvalue weighted by atomic mass is 32.2. The SMILES string of the molecule is CC(C)(COP(=O)(O)OP(=O)(O)OC[C@H]1O[C@@H](n2cnc3c(N)ncnc32)[C@H](O)[C@@H]1OP(=O)(O)O)[C@@H](O)C(=O)NCCC(=O)NCCSC(=O)CCCO.CC=CCC(=O)SCCNC(=O)CCNC(=O)[C@H](O)C(C)(C)COP(=O)(O)OP(=O)(O)OC[C@H]1O[C@@H](n2cnc3c(N)ncnc32)[C@H](O)[C@@H]1OP(=O)(O)O. The topological polar surface area (TPSA) is 747 Å². The average Bonchev–Trinajstić information content (AvgIpc) is 1.62. The summed E-state index contributed by atoms with van der Waals surface area (Å²) in [6.45, 7) is 2.59. The smallest absolute Gasteiger partial charge is 0.396 e. The maximum atomic E-state index is 12.6. The molecule has 610 valence electrons. The van der Waals surface area contributed by atoms with E-state index in [1.807, 2.05) is 0 Å². The number of nitrogen functional groups attached to an aromatic ring is 2. The molecule has 2 aliphatic heterocycles. The molecule has 2 aliphatic rings. The van der Waals surface area contributed by atoms with E-state index in [9.17, 15) is 116 Å². The monoisotopic (exact) mass is 1700 g/mol. The summed E-state index contributed by atoms with van der Waals surface area (Å²) in [6.07, 6.45) is -9.58. The summed E-state index contributed by atoms with van der Waals surface area (Å²) in [4.78, 5) is 174. The number of aliphatic hydroxyl groups is 5. The van der Waals surface area contributed by atoms with Crippen LogP contribution in [0.15, 0.2) is 37.5 Å². The number of aromatic nitrogens is 8. The number of phosphoric acid groups is 6. The maximum absolute atomic E-state index is 12.6. The van der Waals surface area contributed by atoms with Crippen LogP contribution in [0.5, 0.6) is 0 Å². The number of carbonyl (C=O) groups is 6. The fraction of sp³-hybridized carbons (Fsp3) is 0.647. The van der Waals surface area contributed by atoms with Crippen molar-refractivity contribution in [2.45, 2.75) is 128 Å². The molecule has 2 fully saturated rings. The molecule has 0 spiro atoms. The van der Waals surface area contributed by atoms with Gasteiger partial charge in [0.15, 0.2) is 45.6 Å². The third-order valence-electron chi connectivity index (χ3n) is 14.6. The van der Waals surface area contributed by atoms with Crippen molar-refractivity contribution in [2.24, 2.45) is 10.8 Å². The predicted octanol–water partition coefficient (Wildman–Crippen LogP) is -1.93. The number of phosphoric ester groups is 6. The zero-order chi connectivity index (χ0) is 81.0. The Hall–Kier alpha value is -5.18. The van der Waals surface area contributed by atoms with Crippen LogP contribution in [0.2, 0.25) is 0 Å². The lowest BCUT2D eigenvalue weighted by molar-refractivity contribution is -0.137. The minimum absolute atomic E-state index is 0.0267. The highest BCUT2D eigenvalue weighted by Crippen LogP contribution is 2.63. The van der Waals surface area contributed by atoms with Gasteiger partial charge in [0, 0.05) is 80.8 Å². The lowest BCUT2D eigenvalue weighted by Gasteiger charge is -2.30. The van der Waals surface area contributed by atoms with Crippen molar-refractivity contribution in [1.82, 2.24) is 60.3 Å². The number of hydrogen-bond donors (Lipinski definition) is 19. The van der Waals surface area contributed by atoms with Gasteiger partial charge < -0.3 is 107 Å². The molecule has 6 heterocycles. The number of nitrogens with zero attached hydrogens (tertiary/aromatic N) is 8. The average molecular weight is 1700 g/mol.